The standard InChI is InChI=1S/C11H17FN2O/c1-6(2)8(12)5-13-11(15)10-4-7-3-9(7)14-10/h7,9-10,14H,3-5H2,1-2H3,(H,13,15). The molecule has 0 bridgehead atoms. The normalized spacial score (nSPS) is 32.1. The van der Waals surface area contributed by atoms with Gasteiger partial charge in [0, 0.05) is 6.04 Å². The average molecular weight is 212 g/mol. The zero-order chi connectivity index (χ0) is 11.0. The second-order valence-corrected chi connectivity index (χ2v) is 4.68. The molecule has 1 saturated heterocycles. The van der Waals surface area contributed by atoms with E-state index in [-0.39, 0.29) is 24.3 Å². The highest BCUT2D eigenvalue weighted by Gasteiger charge is 2.47. The first-order valence-electron chi connectivity index (χ1n) is 5.43. The van der Waals surface area contributed by atoms with E-state index in [0.717, 1.165) is 6.42 Å². The Morgan fingerprint density at radius 2 is 2.20 bits per heavy atom. The van der Waals surface area contributed by atoms with E-state index in [1.807, 2.05) is 0 Å². The van der Waals surface area contributed by atoms with Crippen LogP contribution in [0, 0.1) is 5.92 Å². The number of carbonyl (C=O) groups excluding carboxylic acids is 1. The fourth-order valence-electron chi connectivity index (χ4n) is 1.99. The van der Waals surface area contributed by atoms with Gasteiger partial charge in [0.1, 0.15) is 5.83 Å². The molecule has 2 N–H and O–H groups in total. The van der Waals surface area contributed by atoms with E-state index in [2.05, 4.69) is 10.6 Å². The van der Waals surface area contributed by atoms with Crippen LogP contribution < -0.4 is 10.6 Å². The molecule has 3 atom stereocenters. The molecule has 84 valence electrons. The first-order chi connectivity index (χ1) is 7.08. The molecular weight excluding hydrogens is 195 g/mol. The molecule has 0 radical (unpaired) electrons. The topological polar surface area (TPSA) is 41.1 Å². The predicted molar refractivity (Wildman–Crippen MR) is 55.9 cm³/mol. The summed E-state index contributed by atoms with van der Waals surface area (Å²) < 4.78 is 13.1. The van der Waals surface area contributed by atoms with Crippen LogP contribution in [-0.4, -0.2) is 24.5 Å². The second-order valence-electron chi connectivity index (χ2n) is 4.68. The highest BCUT2D eigenvalue weighted by atomic mass is 19.1. The van der Waals surface area contributed by atoms with Crippen LogP contribution in [-0.2, 0) is 4.79 Å². The van der Waals surface area contributed by atoms with Gasteiger partial charge in [-0.25, -0.2) is 4.39 Å². The van der Waals surface area contributed by atoms with Crippen molar-refractivity contribution in [2.45, 2.75) is 38.8 Å². The van der Waals surface area contributed by atoms with Gasteiger partial charge in [-0.3, -0.25) is 4.79 Å². The number of rotatable bonds is 3. The summed E-state index contributed by atoms with van der Waals surface area (Å²) in [5.41, 5.74) is 0.623. The summed E-state index contributed by atoms with van der Waals surface area (Å²) in [4.78, 5) is 11.6. The van der Waals surface area contributed by atoms with Crippen molar-refractivity contribution in [1.82, 2.24) is 10.6 Å². The van der Waals surface area contributed by atoms with Crippen LogP contribution in [0.4, 0.5) is 4.39 Å². The molecule has 1 saturated carbocycles. The molecule has 0 spiro atoms. The number of halogens is 1. The Hall–Kier alpha value is -0.900. The van der Waals surface area contributed by atoms with E-state index in [1.165, 1.54) is 6.42 Å². The molecule has 2 fully saturated rings. The Morgan fingerprint density at radius 1 is 1.47 bits per heavy atom. The van der Waals surface area contributed by atoms with Crippen molar-refractivity contribution in [1.29, 1.82) is 0 Å². The Labute approximate surface area is 89.1 Å². The Balaban J connectivity index is 1.75. The number of hydrogen-bond donors (Lipinski definition) is 2. The molecule has 3 unspecified atom stereocenters. The lowest BCUT2D eigenvalue weighted by Crippen LogP contribution is -2.42. The van der Waals surface area contributed by atoms with Gasteiger partial charge < -0.3 is 10.6 Å². The third-order valence-corrected chi connectivity index (χ3v) is 3.15. The minimum atomic E-state index is -0.244. The Bertz CT molecular complexity index is 300. The van der Waals surface area contributed by atoms with Crippen LogP contribution in [0.1, 0.15) is 26.7 Å². The molecule has 0 aromatic rings. The fraction of sp³-hybridized carbons (Fsp3) is 0.727. The molecule has 1 aliphatic carbocycles. The molecule has 0 aromatic carbocycles. The fourth-order valence-corrected chi connectivity index (χ4v) is 1.99. The quantitative estimate of drug-likeness (QED) is 0.736. The van der Waals surface area contributed by atoms with Crippen LogP contribution in [0.25, 0.3) is 0 Å². The zero-order valence-electron chi connectivity index (χ0n) is 9.14. The molecule has 2 rings (SSSR count). The third-order valence-electron chi connectivity index (χ3n) is 3.15. The molecule has 3 nitrogen and oxygen atoms in total. The van der Waals surface area contributed by atoms with E-state index >= 15 is 0 Å². The van der Waals surface area contributed by atoms with Gasteiger partial charge in [-0.1, -0.05) is 0 Å². The van der Waals surface area contributed by atoms with Crippen LogP contribution in [0.2, 0.25) is 0 Å². The lowest BCUT2D eigenvalue weighted by Gasteiger charge is -2.12. The summed E-state index contributed by atoms with van der Waals surface area (Å²) in [6.45, 7) is 3.42. The minimum absolute atomic E-state index is 0.0225. The summed E-state index contributed by atoms with van der Waals surface area (Å²) in [5, 5.41) is 5.84. The zero-order valence-corrected chi connectivity index (χ0v) is 9.14. The number of nitrogens with one attached hydrogen (secondary N) is 2. The third kappa shape index (κ3) is 2.37. The van der Waals surface area contributed by atoms with Gasteiger partial charge in [-0.2, -0.15) is 0 Å². The van der Waals surface area contributed by atoms with E-state index in [0.29, 0.717) is 17.5 Å². The van der Waals surface area contributed by atoms with Crippen LogP contribution in [0.15, 0.2) is 11.4 Å². The summed E-state index contributed by atoms with van der Waals surface area (Å²) in [6, 6.07) is 0.452. The largest absolute Gasteiger partial charge is 0.348 e. The molecule has 0 aromatic heterocycles. The minimum Gasteiger partial charge on any atom is -0.348 e. The van der Waals surface area contributed by atoms with Gasteiger partial charge >= 0.3 is 0 Å². The van der Waals surface area contributed by atoms with E-state index in [1.54, 1.807) is 13.8 Å². The van der Waals surface area contributed by atoms with Gasteiger partial charge in [0.25, 0.3) is 0 Å². The molecule has 1 heterocycles. The number of hydrogen-bond acceptors (Lipinski definition) is 2. The number of piperidine rings is 1. The maximum absolute atomic E-state index is 13.1. The van der Waals surface area contributed by atoms with E-state index in [4.69, 9.17) is 0 Å². The van der Waals surface area contributed by atoms with Crippen molar-refractivity contribution in [3.63, 3.8) is 0 Å². The molecule has 1 aliphatic heterocycles. The number of amides is 1. The lowest BCUT2D eigenvalue weighted by atomic mass is 10.1. The van der Waals surface area contributed by atoms with Crippen molar-refractivity contribution in [2.24, 2.45) is 5.92 Å². The summed E-state index contributed by atoms with van der Waals surface area (Å²) in [5.74, 6) is 0.374. The van der Waals surface area contributed by atoms with Crippen molar-refractivity contribution >= 4 is 5.91 Å². The van der Waals surface area contributed by atoms with Crippen LogP contribution in [0.3, 0.4) is 0 Å². The first kappa shape index (κ1) is 10.6. The summed E-state index contributed by atoms with van der Waals surface area (Å²) in [7, 11) is 0. The number of carbonyl (C=O) groups is 1. The molecule has 2 aliphatic rings. The van der Waals surface area contributed by atoms with Gasteiger partial charge in [-0.05, 0) is 38.2 Å². The van der Waals surface area contributed by atoms with Crippen molar-refractivity contribution < 1.29 is 9.18 Å². The number of fused-ring (bicyclic) bond motifs is 1. The second kappa shape index (κ2) is 3.93. The highest BCUT2D eigenvalue weighted by molar-refractivity contribution is 5.82. The van der Waals surface area contributed by atoms with Gasteiger partial charge in [0.05, 0.1) is 12.6 Å². The lowest BCUT2D eigenvalue weighted by molar-refractivity contribution is -0.122. The molecule has 15 heavy (non-hydrogen) atoms. The molecule has 4 heteroatoms. The summed E-state index contributed by atoms with van der Waals surface area (Å²) >= 11 is 0. The Morgan fingerprint density at radius 3 is 2.73 bits per heavy atom. The van der Waals surface area contributed by atoms with Gasteiger partial charge in [-0.15, -0.1) is 0 Å². The first-order valence-corrected chi connectivity index (χ1v) is 5.43. The average Bonchev–Trinajstić information content (AvgIpc) is 2.81. The highest BCUT2D eigenvalue weighted by Crippen LogP contribution is 2.40. The monoisotopic (exact) mass is 212 g/mol. The number of allylic oxidation sites excluding steroid dienone is 1. The Kier molecular flexibility index (Phi) is 2.78. The predicted octanol–water partition coefficient (Wildman–Crippen LogP) is 1.12. The smallest absolute Gasteiger partial charge is 0.237 e. The van der Waals surface area contributed by atoms with Gasteiger partial charge in [0.15, 0.2) is 0 Å². The van der Waals surface area contributed by atoms with Crippen LogP contribution >= 0.6 is 0 Å². The van der Waals surface area contributed by atoms with Crippen molar-refractivity contribution in [2.75, 3.05) is 6.54 Å². The molecular formula is C11H17FN2O. The van der Waals surface area contributed by atoms with E-state index in [9.17, 15) is 9.18 Å². The molecule has 1 amide bonds. The van der Waals surface area contributed by atoms with Crippen molar-refractivity contribution in [3.05, 3.63) is 11.4 Å². The van der Waals surface area contributed by atoms with E-state index < -0.39 is 0 Å². The maximum Gasteiger partial charge on any atom is 0.237 e. The van der Waals surface area contributed by atoms with Crippen LogP contribution in [0.5, 0.6) is 0 Å². The summed E-state index contributed by atoms with van der Waals surface area (Å²) in [6.07, 6.45) is 2.11. The van der Waals surface area contributed by atoms with Gasteiger partial charge in [0.2, 0.25) is 5.91 Å². The SMILES string of the molecule is CC(C)=C(F)CNC(=O)C1CC2CC2N1. The maximum atomic E-state index is 13.1. The van der Waals surface area contributed by atoms with Crippen molar-refractivity contribution in [3.8, 4) is 0 Å².